The third kappa shape index (κ3) is 2.00. The molecular weight excluding hydrogens is 345 g/mol. The van der Waals surface area contributed by atoms with Crippen molar-refractivity contribution in [2.45, 2.75) is 0 Å². The molecule has 0 aliphatic rings. The van der Waals surface area contributed by atoms with Crippen molar-refractivity contribution in [3.63, 3.8) is 0 Å². The van der Waals surface area contributed by atoms with E-state index in [1.54, 1.807) is 0 Å². The summed E-state index contributed by atoms with van der Waals surface area (Å²) in [6.07, 6.45) is 0.173. The van der Waals surface area contributed by atoms with E-state index in [4.69, 9.17) is 4.42 Å². The summed E-state index contributed by atoms with van der Waals surface area (Å²) in [5.41, 5.74) is -1.29. The number of halogens is 7. The summed E-state index contributed by atoms with van der Waals surface area (Å²) < 4.78 is 101. The molecule has 3 rings (SSSR count). The first-order chi connectivity index (χ1) is 11.3. The Morgan fingerprint density at radius 1 is 0.667 bits per heavy atom. The van der Waals surface area contributed by atoms with Crippen LogP contribution in [0, 0.1) is 40.7 Å². The van der Waals surface area contributed by atoms with Crippen LogP contribution in [-0.2, 0) is 0 Å². The highest BCUT2D eigenvalue weighted by molar-refractivity contribution is 5.90. The lowest BCUT2D eigenvalue weighted by Gasteiger charge is -2.11. The van der Waals surface area contributed by atoms with E-state index in [2.05, 4.69) is 0 Å². The van der Waals surface area contributed by atoms with Gasteiger partial charge in [0.1, 0.15) is 11.6 Å². The molecule has 124 valence electrons. The fourth-order valence-electron chi connectivity index (χ4n) is 2.25. The maximum Gasteiger partial charge on any atom is 0.198 e. The lowest BCUT2D eigenvalue weighted by Crippen LogP contribution is -2.05. The van der Waals surface area contributed by atoms with Crippen LogP contribution in [0.4, 0.5) is 30.7 Å². The third-order valence-electron chi connectivity index (χ3n) is 3.33. The Morgan fingerprint density at radius 2 is 1.17 bits per heavy atom. The van der Waals surface area contributed by atoms with E-state index in [-0.39, 0.29) is 12.0 Å². The molecule has 3 aromatic rings. The van der Waals surface area contributed by atoms with Gasteiger partial charge in [0.05, 0.1) is 16.3 Å². The van der Waals surface area contributed by atoms with Crippen molar-refractivity contribution in [2.24, 2.45) is 0 Å². The Hall–Kier alpha value is -2.84. The van der Waals surface area contributed by atoms with Gasteiger partial charge in [-0.3, -0.25) is 4.79 Å². The average molecular weight is 348 g/mol. The van der Waals surface area contributed by atoms with Crippen LogP contribution in [0.1, 0.15) is 10.6 Å². The van der Waals surface area contributed by atoms with Crippen molar-refractivity contribution in [2.75, 3.05) is 0 Å². The first-order valence-corrected chi connectivity index (χ1v) is 6.17. The van der Waals surface area contributed by atoms with Crippen LogP contribution in [0.2, 0.25) is 0 Å². The Bertz CT molecular complexity index is 1010. The summed E-state index contributed by atoms with van der Waals surface area (Å²) in [5.74, 6) is -16.5. The highest BCUT2D eigenvalue weighted by Crippen LogP contribution is 2.38. The molecule has 0 aliphatic heterocycles. The summed E-state index contributed by atoms with van der Waals surface area (Å²) in [6.45, 7) is 0. The van der Waals surface area contributed by atoms with Gasteiger partial charge in [0.2, 0.25) is 0 Å². The summed E-state index contributed by atoms with van der Waals surface area (Å²) in [4.78, 5) is 10.5. The minimum Gasteiger partial charge on any atom is -0.453 e. The SMILES string of the molecule is O=Cc1ccc(-c2c(F)c(F)c3c(F)c(F)c(F)c(F)c3c2F)o1. The Kier molecular flexibility index (Phi) is 3.58. The monoisotopic (exact) mass is 348 g/mol. The van der Waals surface area contributed by atoms with Gasteiger partial charge in [0, 0.05) is 0 Å². The van der Waals surface area contributed by atoms with E-state index in [9.17, 15) is 35.5 Å². The molecular formula is C15H3F7O2. The van der Waals surface area contributed by atoms with E-state index in [1.807, 2.05) is 0 Å². The molecule has 0 atom stereocenters. The second-order valence-electron chi connectivity index (χ2n) is 4.64. The fraction of sp³-hybridized carbons (Fsp3) is 0. The molecule has 1 heterocycles. The highest BCUT2D eigenvalue weighted by Gasteiger charge is 2.31. The third-order valence-corrected chi connectivity index (χ3v) is 3.33. The second kappa shape index (κ2) is 5.36. The number of fused-ring (bicyclic) bond motifs is 1. The van der Waals surface area contributed by atoms with Crippen LogP contribution in [0.3, 0.4) is 0 Å². The molecule has 1 aromatic heterocycles. The van der Waals surface area contributed by atoms with Crippen molar-refractivity contribution in [3.8, 4) is 11.3 Å². The zero-order valence-corrected chi connectivity index (χ0v) is 11.2. The van der Waals surface area contributed by atoms with Gasteiger partial charge in [-0.05, 0) is 12.1 Å². The van der Waals surface area contributed by atoms with Gasteiger partial charge in [-0.15, -0.1) is 0 Å². The molecule has 24 heavy (non-hydrogen) atoms. The number of furan rings is 1. The van der Waals surface area contributed by atoms with Crippen molar-refractivity contribution >= 4 is 17.1 Å². The number of carbonyl (C=O) groups is 1. The molecule has 0 spiro atoms. The number of aldehydes is 1. The molecule has 0 aliphatic carbocycles. The van der Waals surface area contributed by atoms with Crippen LogP contribution in [0.15, 0.2) is 16.5 Å². The van der Waals surface area contributed by atoms with Crippen molar-refractivity contribution in [1.82, 2.24) is 0 Å². The zero-order valence-electron chi connectivity index (χ0n) is 11.2. The standard InChI is InChI=1S/C15H3F7O2/c16-9-6(5-2-1-4(3-23)24-5)10(17)11(18)8-7(9)12(19)14(21)15(22)13(8)20/h1-3H. The zero-order chi connectivity index (χ0) is 17.8. The summed E-state index contributed by atoms with van der Waals surface area (Å²) in [5, 5.41) is -3.34. The quantitative estimate of drug-likeness (QED) is 0.286. The Morgan fingerprint density at radius 3 is 1.67 bits per heavy atom. The smallest absolute Gasteiger partial charge is 0.198 e. The van der Waals surface area contributed by atoms with Gasteiger partial charge in [-0.25, -0.2) is 30.7 Å². The maximum atomic E-state index is 14.4. The maximum absolute atomic E-state index is 14.4. The summed E-state index contributed by atoms with van der Waals surface area (Å²) in [6, 6.07) is 1.84. The molecule has 0 fully saturated rings. The van der Waals surface area contributed by atoms with Crippen LogP contribution in [-0.4, -0.2) is 6.29 Å². The van der Waals surface area contributed by atoms with Gasteiger partial charge in [-0.2, -0.15) is 0 Å². The van der Waals surface area contributed by atoms with Gasteiger partial charge >= 0.3 is 0 Å². The van der Waals surface area contributed by atoms with E-state index in [0.717, 1.165) is 12.1 Å². The van der Waals surface area contributed by atoms with Gasteiger partial charge in [0.25, 0.3) is 0 Å². The van der Waals surface area contributed by atoms with Gasteiger partial charge in [-0.1, -0.05) is 0 Å². The van der Waals surface area contributed by atoms with E-state index < -0.39 is 62.8 Å². The Balaban J connectivity index is 2.52. The summed E-state index contributed by atoms with van der Waals surface area (Å²) in [7, 11) is 0. The fourth-order valence-corrected chi connectivity index (χ4v) is 2.25. The minimum absolute atomic E-state index is 0.173. The van der Waals surface area contributed by atoms with Gasteiger partial charge in [0.15, 0.2) is 46.9 Å². The van der Waals surface area contributed by atoms with E-state index in [1.165, 1.54) is 0 Å². The second-order valence-corrected chi connectivity index (χ2v) is 4.64. The van der Waals surface area contributed by atoms with Crippen molar-refractivity contribution in [3.05, 3.63) is 58.6 Å². The number of carbonyl (C=O) groups excluding carboxylic acids is 1. The number of benzene rings is 2. The average Bonchev–Trinajstić information content (AvgIpc) is 3.03. The molecule has 0 saturated heterocycles. The summed E-state index contributed by atoms with van der Waals surface area (Å²) >= 11 is 0. The molecule has 9 heteroatoms. The van der Waals surface area contributed by atoms with Crippen molar-refractivity contribution in [1.29, 1.82) is 0 Å². The molecule has 0 bridgehead atoms. The minimum atomic E-state index is -2.41. The van der Waals surface area contributed by atoms with Crippen LogP contribution < -0.4 is 0 Å². The molecule has 0 amide bonds. The van der Waals surface area contributed by atoms with E-state index >= 15 is 0 Å². The van der Waals surface area contributed by atoms with Gasteiger partial charge < -0.3 is 4.42 Å². The molecule has 2 aromatic carbocycles. The molecule has 0 radical (unpaired) electrons. The predicted octanol–water partition coefficient (Wildman–Crippen LogP) is 4.89. The first-order valence-electron chi connectivity index (χ1n) is 6.17. The number of hydrogen-bond acceptors (Lipinski definition) is 2. The molecule has 2 nitrogen and oxygen atoms in total. The Labute approximate surface area is 128 Å². The topological polar surface area (TPSA) is 30.2 Å². The highest BCUT2D eigenvalue weighted by atomic mass is 19.2. The van der Waals surface area contributed by atoms with Crippen molar-refractivity contribution < 1.29 is 39.9 Å². The van der Waals surface area contributed by atoms with Crippen LogP contribution >= 0.6 is 0 Å². The van der Waals surface area contributed by atoms with Crippen LogP contribution in [0.25, 0.3) is 22.1 Å². The van der Waals surface area contributed by atoms with Crippen LogP contribution in [0.5, 0.6) is 0 Å². The predicted molar refractivity (Wildman–Crippen MR) is 66.7 cm³/mol. The molecule has 0 unspecified atom stereocenters. The normalized spacial score (nSPS) is 11.3. The molecule has 0 saturated carbocycles. The lowest BCUT2D eigenvalue weighted by molar-refractivity contribution is 0.110. The molecule has 0 N–H and O–H groups in total. The number of rotatable bonds is 2. The largest absolute Gasteiger partial charge is 0.453 e. The lowest BCUT2D eigenvalue weighted by atomic mass is 10.0. The first kappa shape index (κ1) is 16.0. The van der Waals surface area contributed by atoms with E-state index in [0.29, 0.717) is 0 Å². The number of hydrogen-bond donors (Lipinski definition) is 0.